The second kappa shape index (κ2) is 6.79. The standard InChI is InChI=1S/C20H23N5O2/c26-20(16-13-17(27-23-16)14-5-2-1-3-6-14)24-11-8-15(9-12-24)19-22-21-18-7-4-10-25(18)19/h1-3,5-6,15,17H,4,7-13H2/t17-/m1/s1. The highest BCUT2D eigenvalue weighted by molar-refractivity contribution is 6.39. The van der Waals surface area contributed by atoms with E-state index in [2.05, 4.69) is 19.9 Å². The highest BCUT2D eigenvalue weighted by Crippen LogP contribution is 2.31. The van der Waals surface area contributed by atoms with E-state index in [4.69, 9.17) is 4.84 Å². The van der Waals surface area contributed by atoms with Crippen LogP contribution in [0.15, 0.2) is 35.5 Å². The Balaban J connectivity index is 1.19. The molecule has 0 aliphatic carbocycles. The van der Waals surface area contributed by atoms with E-state index in [0.29, 0.717) is 18.1 Å². The fraction of sp³-hybridized carbons (Fsp3) is 0.500. The van der Waals surface area contributed by atoms with Gasteiger partial charge in [0.1, 0.15) is 17.4 Å². The van der Waals surface area contributed by atoms with Crippen molar-refractivity contribution in [1.29, 1.82) is 0 Å². The fourth-order valence-corrected chi connectivity index (χ4v) is 4.35. The summed E-state index contributed by atoms with van der Waals surface area (Å²) >= 11 is 0. The van der Waals surface area contributed by atoms with Gasteiger partial charge in [-0.05, 0) is 24.8 Å². The van der Waals surface area contributed by atoms with Gasteiger partial charge in [-0.15, -0.1) is 10.2 Å². The molecule has 1 atom stereocenters. The van der Waals surface area contributed by atoms with Crippen molar-refractivity contribution in [2.24, 2.45) is 5.16 Å². The third-order valence-electron chi connectivity index (χ3n) is 5.87. The zero-order chi connectivity index (χ0) is 18.2. The second-order valence-corrected chi connectivity index (χ2v) is 7.54. The van der Waals surface area contributed by atoms with Gasteiger partial charge in [0.25, 0.3) is 5.91 Å². The molecule has 1 amide bonds. The molecule has 0 saturated carbocycles. The number of piperidine rings is 1. The number of aryl methyl sites for hydroxylation is 1. The molecule has 5 rings (SSSR count). The van der Waals surface area contributed by atoms with Crippen LogP contribution in [0.3, 0.4) is 0 Å². The van der Waals surface area contributed by atoms with Gasteiger partial charge in [-0.1, -0.05) is 35.5 Å². The second-order valence-electron chi connectivity index (χ2n) is 7.54. The SMILES string of the molecule is O=C(C1=NO[C@@H](c2ccccc2)C1)N1CCC(c2nnc3n2CCC3)CC1. The van der Waals surface area contributed by atoms with Crippen molar-refractivity contribution < 1.29 is 9.63 Å². The van der Waals surface area contributed by atoms with Gasteiger partial charge in [0, 0.05) is 38.4 Å². The predicted octanol–water partition coefficient (Wildman–Crippen LogP) is 2.45. The van der Waals surface area contributed by atoms with Gasteiger partial charge in [0.2, 0.25) is 0 Å². The summed E-state index contributed by atoms with van der Waals surface area (Å²) in [5.74, 6) is 2.64. The summed E-state index contributed by atoms with van der Waals surface area (Å²) in [5, 5.41) is 12.8. The van der Waals surface area contributed by atoms with Crippen LogP contribution in [-0.2, 0) is 22.6 Å². The number of amides is 1. The van der Waals surface area contributed by atoms with Crippen LogP contribution in [0.4, 0.5) is 0 Å². The zero-order valence-electron chi connectivity index (χ0n) is 15.3. The highest BCUT2D eigenvalue weighted by Gasteiger charge is 2.34. The van der Waals surface area contributed by atoms with E-state index in [1.807, 2.05) is 35.2 Å². The lowest BCUT2D eigenvalue weighted by Gasteiger charge is -2.31. The predicted molar refractivity (Wildman–Crippen MR) is 99.2 cm³/mol. The number of aromatic nitrogens is 3. The third-order valence-corrected chi connectivity index (χ3v) is 5.87. The third kappa shape index (κ3) is 3.01. The van der Waals surface area contributed by atoms with E-state index < -0.39 is 0 Å². The normalized spacial score (nSPS) is 22.4. The van der Waals surface area contributed by atoms with Crippen molar-refractivity contribution in [1.82, 2.24) is 19.7 Å². The minimum atomic E-state index is -0.152. The fourth-order valence-electron chi connectivity index (χ4n) is 4.35. The summed E-state index contributed by atoms with van der Waals surface area (Å²) in [4.78, 5) is 20.3. The quantitative estimate of drug-likeness (QED) is 0.837. The average molecular weight is 365 g/mol. The number of likely N-dealkylation sites (tertiary alicyclic amines) is 1. The van der Waals surface area contributed by atoms with Crippen molar-refractivity contribution in [3.05, 3.63) is 47.5 Å². The summed E-state index contributed by atoms with van der Waals surface area (Å²) in [6, 6.07) is 9.95. The molecule has 7 heteroatoms. The Labute approximate surface area is 158 Å². The average Bonchev–Trinajstić information content (AvgIpc) is 3.45. The maximum atomic E-state index is 12.8. The van der Waals surface area contributed by atoms with E-state index in [-0.39, 0.29) is 12.0 Å². The molecular weight excluding hydrogens is 342 g/mol. The Hall–Kier alpha value is -2.70. The number of benzene rings is 1. The van der Waals surface area contributed by atoms with Gasteiger partial charge in [-0.3, -0.25) is 4.79 Å². The molecule has 4 heterocycles. The van der Waals surface area contributed by atoms with Crippen LogP contribution < -0.4 is 0 Å². The summed E-state index contributed by atoms with van der Waals surface area (Å²) in [6.45, 7) is 2.51. The summed E-state index contributed by atoms with van der Waals surface area (Å²) in [7, 11) is 0. The molecule has 2 aromatic rings. The lowest BCUT2D eigenvalue weighted by atomic mass is 9.95. The van der Waals surface area contributed by atoms with Crippen LogP contribution in [-0.4, -0.2) is 44.4 Å². The minimum absolute atomic E-state index is 0.0124. The van der Waals surface area contributed by atoms with Gasteiger partial charge in [0.05, 0.1) is 0 Å². The first kappa shape index (κ1) is 16.5. The zero-order valence-corrected chi connectivity index (χ0v) is 15.3. The Kier molecular flexibility index (Phi) is 4.14. The van der Waals surface area contributed by atoms with Crippen LogP contribution in [0.5, 0.6) is 0 Å². The molecule has 0 N–H and O–H groups in total. The van der Waals surface area contributed by atoms with Gasteiger partial charge in [0.15, 0.2) is 6.10 Å². The molecule has 27 heavy (non-hydrogen) atoms. The van der Waals surface area contributed by atoms with Crippen molar-refractivity contribution >= 4 is 11.6 Å². The molecule has 0 unspecified atom stereocenters. The molecule has 1 fully saturated rings. The van der Waals surface area contributed by atoms with Crippen molar-refractivity contribution in [3.63, 3.8) is 0 Å². The molecule has 7 nitrogen and oxygen atoms in total. The number of carbonyl (C=O) groups excluding carboxylic acids is 1. The van der Waals surface area contributed by atoms with E-state index in [1.165, 1.54) is 0 Å². The molecule has 0 bridgehead atoms. The van der Waals surface area contributed by atoms with Gasteiger partial charge < -0.3 is 14.3 Å². The molecule has 3 aliphatic rings. The van der Waals surface area contributed by atoms with Gasteiger partial charge in [-0.25, -0.2) is 0 Å². The number of hydrogen-bond donors (Lipinski definition) is 0. The molecule has 1 aromatic heterocycles. The molecule has 1 aromatic carbocycles. The molecule has 0 spiro atoms. The lowest BCUT2D eigenvalue weighted by Crippen LogP contribution is -2.41. The van der Waals surface area contributed by atoms with Gasteiger partial charge in [-0.2, -0.15) is 0 Å². The van der Waals surface area contributed by atoms with Crippen LogP contribution >= 0.6 is 0 Å². The van der Waals surface area contributed by atoms with Crippen LogP contribution in [0, 0.1) is 0 Å². The number of nitrogens with zero attached hydrogens (tertiary/aromatic N) is 5. The number of carbonyl (C=O) groups is 1. The molecule has 3 aliphatic heterocycles. The van der Waals surface area contributed by atoms with E-state index in [0.717, 1.165) is 62.5 Å². The lowest BCUT2D eigenvalue weighted by molar-refractivity contribution is -0.125. The first-order valence-electron chi connectivity index (χ1n) is 9.78. The minimum Gasteiger partial charge on any atom is -0.387 e. The Morgan fingerprint density at radius 1 is 1.07 bits per heavy atom. The largest absolute Gasteiger partial charge is 0.387 e. The Morgan fingerprint density at radius 3 is 2.70 bits per heavy atom. The number of oxime groups is 1. The molecular formula is C20H23N5O2. The van der Waals surface area contributed by atoms with Crippen molar-refractivity contribution in [3.8, 4) is 0 Å². The monoisotopic (exact) mass is 365 g/mol. The van der Waals surface area contributed by atoms with E-state index in [1.54, 1.807) is 0 Å². The molecule has 1 saturated heterocycles. The first-order valence-corrected chi connectivity index (χ1v) is 9.78. The Morgan fingerprint density at radius 2 is 1.89 bits per heavy atom. The number of rotatable bonds is 3. The summed E-state index contributed by atoms with van der Waals surface area (Å²) in [5.41, 5.74) is 1.59. The summed E-state index contributed by atoms with van der Waals surface area (Å²) in [6.07, 6.45) is 4.45. The number of hydrogen-bond acceptors (Lipinski definition) is 5. The Bertz CT molecular complexity index is 868. The van der Waals surface area contributed by atoms with Gasteiger partial charge >= 0.3 is 0 Å². The van der Waals surface area contributed by atoms with Crippen LogP contribution in [0.2, 0.25) is 0 Å². The van der Waals surface area contributed by atoms with Crippen molar-refractivity contribution in [2.45, 2.75) is 50.7 Å². The number of fused-ring (bicyclic) bond motifs is 1. The van der Waals surface area contributed by atoms with Crippen LogP contribution in [0.25, 0.3) is 0 Å². The smallest absolute Gasteiger partial charge is 0.271 e. The van der Waals surface area contributed by atoms with Crippen molar-refractivity contribution in [2.75, 3.05) is 13.1 Å². The maximum absolute atomic E-state index is 12.8. The van der Waals surface area contributed by atoms with E-state index >= 15 is 0 Å². The van der Waals surface area contributed by atoms with Crippen LogP contribution in [0.1, 0.15) is 54.9 Å². The molecule has 0 radical (unpaired) electrons. The molecule has 140 valence electrons. The topological polar surface area (TPSA) is 72.6 Å². The summed E-state index contributed by atoms with van der Waals surface area (Å²) < 4.78 is 2.28. The first-order chi connectivity index (χ1) is 13.3. The highest BCUT2D eigenvalue weighted by atomic mass is 16.6. The van der Waals surface area contributed by atoms with E-state index in [9.17, 15) is 4.79 Å². The maximum Gasteiger partial charge on any atom is 0.271 e.